The van der Waals surface area contributed by atoms with Crippen molar-refractivity contribution in [2.75, 3.05) is 12.4 Å². The molecule has 0 aliphatic carbocycles. The van der Waals surface area contributed by atoms with Gasteiger partial charge in [-0.2, -0.15) is 5.10 Å². The Labute approximate surface area is 143 Å². The molecule has 0 radical (unpaired) electrons. The molecule has 1 aromatic heterocycles. The van der Waals surface area contributed by atoms with E-state index < -0.39 is 5.91 Å². The van der Waals surface area contributed by atoms with E-state index in [-0.39, 0.29) is 18.1 Å². The zero-order valence-electron chi connectivity index (χ0n) is 13.1. The number of hydrogen-bond acceptors (Lipinski definition) is 5. The van der Waals surface area contributed by atoms with E-state index in [1.807, 2.05) is 0 Å². The molecule has 1 aromatic carbocycles. The highest BCUT2D eigenvalue weighted by molar-refractivity contribution is 6.32. The molecule has 126 valence electrons. The predicted molar refractivity (Wildman–Crippen MR) is 90.5 cm³/mol. The molecule has 8 heteroatoms. The predicted octanol–water partition coefficient (Wildman–Crippen LogP) is 3.08. The molecule has 0 spiro atoms. The van der Waals surface area contributed by atoms with Gasteiger partial charge < -0.3 is 14.5 Å². The van der Waals surface area contributed by atoms with E-state index in [0.717, 1.165) is 0 Å². The Morgan fingerprint density at radius 1 is 1.33 bits per heavy atom. The van der Waals surface area contributed by atoms with Gasteiger partial charge in [-0.15, -0.1) is 0 Å². The molecule has 0 fully saturated rings. The van der Waals surface area contributed by atoms with E-state index in [1.54, 1.807) is 31.2 Å². The molecule has 0 bridgehead atoms. The first-order chi connectivity index (χ1) is 11.5. The van der Waals surface area contributed by atoms with Crippen molar-refractivity contribution in [3.05, 3.63) is 47.4 Å². The lowest BCUT2D eigenvalue weighted by Crippen LogP contribution is -2.21. The summed E-state index contributed by atoms with van der Waals surface area (Å²) in [5.41, 5.74) is 3.29. The van der Waals surface area contributed by atoms with Crippen LogP contribution in [0, 0.1) is 0 Å². The molecule has 0 aliphatic heterocycles. The SMILES string of the molecule is COc1ccc(NC(=O)CC(C)=NNC(=O)c2ccco2)cc1Cl. The summed E-state index contributed by atoms with van der Waals surface area (Å²) in [7, 11) is 1.51. The summed E-state index contributed by atoms with van der Waals surface area (Å²) in [6.07, 6.45) is 1.40. The van der Waals surface area contributed by atoms with Crippen molar-refractivity contribution < 1.29 is 18.7 Å². The number of methoxy groups -OCH3 is 1. The first-order valence-corrected chi connectivity index (χ1v) is 7.38. The Kier molecular flexibility index (Phi) is 5.97. The van der Waals surface area contributed by atoms with E-state index in [4.69, 9.17) is 20.8 Å². The van der Waals surface area contributed by atoms with Gasteiger partial charge >= 0.3 is 5.91 Å². The molecule has 1 heterocycles. The summed E-state index contributed by atoms with van der Waals surface area (Å²) in [5.74, 6) is -0.108. The minimum Gasteiger partial charge on any atom is -0.495 e. The summed E-state index contributed by atoms with van der Waals surface area (Å²) < 4.78 is 9.98. The van der Waals surface area contributed by atoms with Crippen molar-refractivity contribution in [1.82, 2.24) is 5.43 Å². The van der Waals surface area contributed by atoms with Crippen molar-refractivity contribution in [3.8, 4) is 5.75 Å². The molecule has 2 N–H and O–H groups in total. The average Bonchev–Trinajstić information content (AvgIpc) is 3.07. The van der Waals surface area contributed by atoms with Crippen LogP contribution in [0.4, 0.5) is 5.69 Å². The maximum atomic E-state index is 12.0. The third-order valence-electron chi connectivity index (χ3n) is 2.95. The van der Waals surface area contributed by atoms with Crippen LogP contribution in [0.15, 0.2) is 46.1 Å². The van der Waals surface area contributed by atoms with E-state index in [0.29, 0.717) is 22.2 Å². The number of nitrogens with zero attached hydrogens (tertiary/aromatic N) is 1. The first kappa shape index (κ1) is 17.6. The molecular formula is C16H16ClN3O4. The Hall–Kier alpha value is -2.80. The van der Waals surface area contributed by atoms with Crippen LogP contribution in [0.2, 0.25) is 5.02 Å². The van der Waals surface area contributed by atoms with E-state index in [1.165, 1.54) is 19.4 Å². The fraction of sp³-hybridized carbons (Fsp3) is 0.188. The molecular weight excluding hydrogens is 334 g/mol. The van der Waals surface area contributed by atoms with Crippen LogP contribution in [0.5, 0.6) is 5.75 Å². The van der Waals surface area contributed by atoms with Crippen LogP contribution in [0.3, 0.4) is 0 Å². The molecule has 0 unspecified atom stereocenters. The van der Waals surface area contributed by atoms with Crippen LogP contribution >= 0.6 is 11.6 Å². The van der Waals surface area contributed by atoms with Gasteiger partial charge in [-0.3, -0.25) is 9.59 Å². The minimum absolute atomic E-state index is 0.0160. The third-order valence-corrected chi connectivity index (χ3v) is 3.24. The number of hydrogen-bond donors (Lipinski definition) is 2. The van der Waals surface area contributed by atoms with Crippen LogP contribution < -0.4 is 15.5 Å². The molecule has 0 aliphatic rings. The van der Waals surface area contributed by atoms with Crippen molar-refractivity contribution in [1.29, 1.82) is 0 Å². The topological polar surface area (TPSA) is 92.9 Å². The zero-order chi connectivity index (χ0) is 17.5. The van der Waals surface area contributed by atoms with Gasteiger partial charge in [0.15, 0.2) is 5.76 Å². The lowest BCUT2D eigenvalue weighted by molar-refractivity contribution is -0.115. The Bertz CT molecular complexity index is 757. The number of rotatable bonds is 6. The molecule has 7 nitrogen and oxygen atoms in total. The van der Waals surface area contributed by atoms with Crippen molar-refractivity contribution >= 4 is 34.8 Å². The largest absolute Gasteiger partial charge is 0.495 e. The Balaban J connectivity index is 1.88. The highest BCUT2D eigenvalue weighted by Crippen LogP contribution is 2.27. The van der Waals surface area contributed by atoms with Crippen LogP contribution in [-0.2, 0) is 4.79 Å². The van der Waals surface area contributed by atoms with Gasteiger partial charge in [0.05, 0.1) is 24.8 Å². The molecule has 24 heavy (non-hydrogen) atoms. The van der Waals surface area contributed by atoms with Crippen molar-refractivity contribution in [2.45, 2.75) is 13.3 Å². The number of hydrazone groups is 1. The molecule has 0 atom stereocenters. The third kappa shape index (κ3) is 4.85. The van der Waals surface area contributed by atoms with E-state index >= 15 is 0 Å². The molecule has 2 amide bonds. The number of anilines is 1. The Morgan fingerprint density at radius 2 is 2.12 bits per heavy atom. The summed E-state index contributed by atoms with van der Waals surface area (Å²) in [4.78, 5) is 23.6. The maximum absolute atomic E-state index is 12.0. The van der Waals surface area contributed by atoms with Gasteiger partial charge in [-0.25, -0.2) is 5.43 Å². The highest BCUT2D eigenvalue weighted by Gasteiger charge is 2.09. The Morgan fingerprint density at radius 3 is 2.75 bits per heavy atom. The second-order valence-electron chi connectivity index (χ2n) is 4.84. The smallest absolute Gasteiger partial charge is 0.307 e. The summed E-state index contributed by atoms with van der Waals surface area (Å²) in [5, 5.41) is 6.94. The number of nitrogens with one attached hydrogen (secondary N) is 2. The van der Waals surface area contributed by atoms with E-state index in [9.17, 15) is 9.59 Å². The maximum Gasteiger partial charge on any atom is 0.307 e. The second-order valence-corrected chi connectivity index (χ2v) is 5.25. The van der Waals surface area contributed by atoms with E-state index in [2.05, 4.69) is 15.8 Å². The summed E-state index contributed by atoms with van der Waals surface area (Å²) in [6.45, 7) is 1.63. The summed E-state index contributed by atoms with van der Waals surface area (Å²) >= 11 is 6.00. The monoisotopic (exact) mass is 349 g/mol. The van der Waals surface area contributed by atoms with Gasteiger partial charge in [-0.05, 0) is 37.3 Å². The van der Waals surface area contributed by atoms with Gasteiger partial charge in [0, 0.05) is 11.4 Å². The normalized spacial score (nSPS) is 11.0. The fourth-order valence-electron chi connectivity index (χ4n) is 1.83. The molecule has 2 rings (SSSR count). The van der Waals surface area contributed by atoms with Gasteiger partial charge in [0.2, 0.25) is 5.91 Å². The first-order valence-electron chi connectivity index (χ1n) is 7.00. The van der Waals surface area contributed by atoms with Crippen molar-refractivity contribution in [3.63, 3.8) is 0 Å². The lowest BCUT2D eigenvalue weighted by Gasteiger charge is -2.08. The second kappa shape index (κ2) is 8.16. The van der Waals surface area contributed by atoms with Gasteiger partial charge in [0.25, 0.3) is 0 Å². The minimum atomic E-state index is -0.485. The number of amides is 2. The van der Waals surface area contributed by atoms with Crippen LogP contribution in [0.25, 0.3) is 0 Å². The zero-order valence-corrected chi connectivity index (χ0v) is 13.9. The van der Waals surface area contributed by atoms with Gasteiger partial charge in [0.1, 0.15) is 5.75 Å². The average molecular weight is 350 g/mol. The molecule has 0 saturated heterocycles. The lowest BCUT2D eigenvalue weighted by atomic mass is 10.2. The fourth-order valence-corrected chi connectivity index (χ4v) is 2.09. The number of carbonyl (C=O) groups is 2. The molecule has 0 saturated carbocycles. The number of benzene rings is 1. The summed E-state index contributed by atoms with van der Waals surface area (Å²) in [6, 6.07) is 8.03. The number of halogens is 1. The highest BCUT2D eigenvalue weighted by atomic mass is 35.5. The standard InChI is InChI=1S/C16H16ClN3O4/c1-10(19-20-16(22)14-4-3-7-24-14)8-15(21)18-11-5-6-13(23-2)12(17)9-11/h3-7,9H,8H2,1-2H3,(H,18,21)(H,20,22). The number of ether oxygens (including phenoxy) is 1. The van der Waals surface area contributed by atoms with Crippen LogP contribution in [0.1, 0.15) is 23.9 Å². The van der Waals surface area contributed by atoms with Gasteiger partial charge in [-0.1, -0.05) is 11.6 Å². The quantitative estimate of drug-likeness (QED) is 0.619. The van der Waals surface area contributed by atoms with Crippen LogP contribution in [-0.4, -0.2) is 24.6 Å². The molecule has 2 aromatic rings. The number of furan rings is 1. The number of carbonyl (C=O) groups excluding carboxylic acids is 2. The van der Waals surface area contributed by atoms with Crippen molar-refractivity contribution in [2.24, 2.45) is 5.10 Å².